The molecule has 0 saturated carbocycles. The van der Waals surface area contributed by atoms with Gasteiger partial charge in [0.1, 0.15) is 23.7 Å². The van der Waals surface area contributed by atoms with Gasteiger partial charge in [0, 0.05) is 17.3 Å². The molecule has 1 aromatic heterocycles. The standard InChI is InChI=1S/C14H16N6O6S2/c1-2-26-18-6(9-17-14(15)28-19-9)10(22)16-7-11(23)20-8(13(24)25)5(3-21)4-27-12(7)20/h7,12,21H,2-4H2,1H3,(H,16,22)(H,24,25)(H2,15,17,19)/t7-,12+/m1/s1. The number of hydrogen-bond acceptors (Lipinski definition) is 11. The van der Waals surface area contributed by atoms with Gasteiger partial charge in [-0.1, -0.05) is 5.16 Å². The van der Waals surface area contributed by atoms with Gasteiger partial charge in [-0.15, -0.1) is 11.8 Å². The number of aliphatic hydroxyl groups is 1. The Hall–Kier alpha value is -2.71. The van der Waals surface area contributed by atoms with Gasteiger partial charge in [-0.3, -0.25) is 14.5 Å². The van der Waals surface area contributed by atoms with Crippen molar-refractivity contribution in [2.75, 3.05) is 24.7 Å². The predicted molar refractivity (Wildman–Crippen MR) is 99.3 cm³/mol. The van der Waals surface area contributed by atoms with E-state index in [-0.39, 0.29) is 40.3 Å². The SMILES string of the molecule is CCON=C(C(=O)N[C@@H]1C(=O)N2C(C(=O)O)=C(CO)CS[C@@H]12)c1nsc(N)n1. The van der Waals surface area contributed by atoms with Gasteiger partial charge in [0.15, 0.2) is 5.13 Å². The molecule has 0 radical (unpaired) electrons. The fraction of sp³-hybridized carbons (Fsp3) is 0.429. The summed E-state index contributed by atoms with van der Waals surface area (Å²) >= 11 is 2.11. The summed E-state index contributed by atoms with van der Waals surface area (Å²) in [6.07, 6.45) is 0. The minimum atomic E-state index is -1.31. The maximum atomic E-state index is 12.6. The Morgan fingerprint density at radius 1 is 1.50 bits per heavy atom. The third kappa shape index (κ3) is 3.53. The number of hydrogen-bond donors (Lipinski definition) is 4. The number of thioether (sulfide) groups is 1. The lowest BCUT2D eigenvalue weighted by Crippen LogP contribution is -2.71. The summed E-state index contributed by atoms with van der Waals surface area (Å²) in [5.74, 6) is -2.48. The molecule has 2 atom stereocenters. The number of amides is 2. The van der Waals surface area contributed by atoms with Crippen LogP contribution in [0.1, 0.15) is 12.7 Å². The number of carbonyl (C=O) groups is 3. The van der Waals surface area contributed by atoms with Gasteiger partial charge in [0.2, 0.25) is 11.5 Å². The van der Waals surface area contributed by atoms with Crippen LogP contribution in [0.2, 0.25) is 0 Å². The highest BCUT2D eigenvalue weighted by Crippen LogP contribution is 2.40. The number of β-lactam (4-membered cyclic amide) rings is 1. The van der Waals surface area contributed by atoms with Crippen molar-refractivity contribution in [1.29, 1.82) is 0 Å². The molecular formula is C14H16N6O6S2. The van der Waals surface area contributed by atoms with E-state index in [9.17, 15) is 24.6 Å². The largest absolute Gasteiger partial charge is 0.477 e. The van der Waals surface area contributed by atoms with Crippen LogP contribution in [-0.4, -0.2) is 78.3 Å². The molecule has 2 aliphatic rings. The van der Waals surface area contributed by atoms with Crippen LogP contribution in [0.3, 0.4) is 0 Å². The normalized spacial score (nSPS) is 21.9. The van der Waals surface area contributed by atoms with E-state index < -0.39 is 35.8 Å². The monoisotopic (exact) mass is 428 g/mol. The molecule has 0 aromatic carbocycles. The van der Waals surface area contributed by atoms with Gasteiger partial charge >= 0.3 is 5.97 Å². The van der Waals surface area contributed by atoms with Gasteiger partial charge in [-0.05, 0) is 12.5 Å². The van der Waals surface area contributed by atoms with Crippen LogP contribution in [0, 0.1) is 0 Å². The zero-order valence-corrected chi connectivity index (χ0v) is 16.1. The quantitative estimate of drug-likeness (QED) is 0.229. The van der Waals surface area contributed by atoms with Crippen LogP contribution < -0.4 is 11.1 Å². The molecule has 28 heavy (non-hydrogen) atoms. The van der Waals surface area contributed by atoms with Crippen LogP contribution in [-0.2, 0) is 19.2 Å². The van der Waals surface area contributed by atoms with Crippen LogP contribution in [0.25, 0.3) is 0 Å². The number of carboxylic acids is 1. The molecule has 5 N–H and O–H groups in total. The molecule has 1 fully saturated rings. The second kappa shape index (κ2) is 8.12. The topological polar surface area (TPSA) is 180 Å². The number of carboxylic acid groups (broad SMARTS) is 1. The average molecular weight is 428 g/mol. The number of nitrogen functional groups attached to an aromatic ring is 1. The molecule has 150 valence electrons. The maximum absolute atomic E-state index is 12.6. The molecule has 1 saturated heterocycles. The molecule has 3 rings (SSSR count). The van der Waals surface area contributed by atoms with E-state index in [1.807, 2.05) is 0 Å². The smallest absolute Gasteiger partial charge is 0.352 e. The van der Waals surface area contributed by atoms with E-state index in [4.69, 9.17) is 10.6 Å². The number of aliphatic carboxylic acids is 1. The molecule has 1 aromatic rings. The number of rotatable bonds is 7. The number of carbonyl (C=O) groups excluding carboxylic acids is 2. The van der Waals surface area contributed by atoms with Gasteiger partial charge in [0.25, 0.3) is 11.8 Å². The number of aromatic nitrogens is 2. The Morgan fingerprint density at radius 3 is 2.82 bits per heavy atom. The molecule has 2 aliphatic heterocycles. The summed E-state index contributed by atoms with van der Waals surface area (Å²) in [5.41, 5.74) is 5.28. The first-order valence-electron chi connectivity index (χ1n) is 8.00. The molecular weight excluding hydrogens is 412 g/mol. The van der Waals surface area contributed by atoms with E-state index in [0.717, 1.165) is 16.4 Å². The molecule has 2 amide bonds. The van der Waals surface area contributed by atoms with Crippen LogP contribution >= 0.6 is 23.3 Å². The second-order valence-corrected chi connectivity index (χ2v) is 7.48. The summed E-state index contributed by atoms with van der Waals surface area (Å²) in [7, 11) is 0. The minimum Gasteiger partial charge on any atom is -0.477 e. The lowest BCUT2D eigenvalue weighted by atomic mass is 10.0. The van der Waals surface area contributed by atoms with E-state index >= 15 is 0 Å². The molecule has 14 heteroatoms. The summed E-state index contributed by atoms with van der Waals surface area (Å²) in [4.78, 5) is 46.5. The van der Waals surface area contributed by atoms with E-state index in [1.54, 1.807) is 6.92 Å². The van der Waals surface area contributed by atoms with Crippen LogP contribution in [0.4, 0.5) is 5.13 Å². The summed E-state index contributed by atoms with van der Waals surface area (Å²) < 4.78 is 3.92. The molecule has 3 heterocycles. The van der Waals surface area contributed by atoms with Crippen molar-refractivity contribution in [3.05, 3.63) is 17.1 Å². The molecule has 12 nitrogen and oxygen atoms in total. The number of nitrogens with two attached hydrogens (primary N) is 1. The predicted octanol–water partition coefficient (Wildman–Crippen LogP) is -1.41. The zero-order chi connectivity index (χ0) is 20.4. The Labute approximate surface area is 166 Å². The number of aliphatic hydroxyl groups excluding tert-OH is 1. The fourth-order valence-electron chi connectivity index (χ4n) is 2.66. The number of nitrogens with one attached hydrogen (secondary N) is 1. The van der Waals surface area contributed by atoms with Crippen molar-refractivity contribution < 1.29 is 29.4 Å². The first-order valence-corrected chi connectivity index (χ1v) is 9.82. The third-order valence-corrected chi connectivity index (χ3v) is 5.76. The van der Waals surface area contributed by atoms with Crippen molar-refractivity contribution in [2.24, 2.45) is 5.16 Å². The number of anilines is 1. The lowest BCUT2D eigenvalue weighted by molar-refractivity contribution is -0.150. The molecule has 0 unspecified atom stereocenters. The van der Waals surface area contributed by atoms with Crippen molar-refractivity contribution >= 4 is 51.9 Å². The molecule has 0 aliphatic carbocycles. The number of oxime groups is 1. The lowest BCUT2D eigenvalue weighted by Gasteiger charge is -2.49. The van der Waals surface area contributed by atoms with Gasteiger partial charge in [0.05, 0.1) is 6.61 Å². The van der Waals surface area contributed by atoms with Crippen LogP contribution in [0.15, 0.2) is 16.4 Å². The van der Waals surface area contributed by atoms with Gasteiger partial charge in [-0.2, -0.15) is 9.36 Å². The number of fused-ring (bicyclic) bond motifs is 1. The summed E-state index contributed by atoms with van der Waals surface area (Å²) in [6.45, 7) is 1.40. The maximum Gasteiger partial charge on any atom is 0.352 e. The Kier molecular flexibility index (Phi) is 5.81. The first-order chi connectivity index (χ1) is 13.4. The van der Waals surface area contributed by atoms with Crippen molar-refractivity contribution in [1.82, 2.24) is 19.6 Å². The molecule has 0 spiro atoms. The first kappa shape index (κ1) is 20.0. The number of nitrogens with zero attached hydrogens (tertiary/aromatic N) is 4. The Bertz CT molecular complexity index is 883. The average Bonchev–Trinajstić information content (AvgIpc) is 3.10. The van der Waals surface area contributed by atoms with E-state index in [0.29, 0.717) is 0 Å². The van der Waals surface area contributed by atoms with E-state index in [1.165, 1.54) is 11.8 Å². The Balaban J connectivity index is 1.79. The highest BCUT2D eigenvalue weighted by Gasteiger charge is 2.54. The second-order valence-electron chi connectivity index (χ2n) is 5.59. The highest BCUT2D eigenvalue weighted by atomic mass is 32.2. The van der Waals surface area contributed by atoms with E-state index in [2.05, 4.69) is 19.8 Å². The third-order valence-electron chi connectivity index (χ3n) is 3.88. The summed E-state index contributed by atoms with van der Waals surface area (Å²) in [6, 6.07) is -0.963. The minimum absolute atomic E-state index is 0.0398. The van der Waals surface area contributed by atoms with Crippen LogP contribution in [0.5, 0.6) is 0 Å². The van der Waals surface area contributed by atoms with Crippen molar-refractivity contribution in [3.8, 4) is 0 Å². The van der Waals surface area contributed by atoms with Crippen molar-refractivity contribution in [2.45, 2.75) is 18.3 Å². The van der Waals surface area contributed by atoms with Gasteiger partial charge < -0.3 is 26.1 Å². The molecule has 0 bridgehead atoms. The Morgan fingerprint density at radius 2 is 2.25 bits per heavy atom. The zero-order valence-electron chi connectivity index (χ0n) is 14.5. The van der Waals surface area contributed by atoms with Crippen molar-refractivity contribution in [3.63, 3.8) is 0 Å². The highest BCUT2D eigenvalue weighted by molar-refractivity contribution is 8.00. The summed E-state index contributed by atoms with van der Waals surface area (Å²) in [5, 5.41) is 24.4. The van der Waals surface area contributed by atoms with Gasteiger partial charge in [-0.25, -0.2) is 4.79 Å². The fourth-order valence-corrected chi connectivity index (χ4v) is 4.43.